The Morgan fingerprint density at radius 2 is 1.62 bits per heavy atom. The molecule has 24 heavy (non-hydrogen) atoms. The van der Waals surface area contributed by atoms with Crippen molar-refractivity contribution in [3.05, 3.63) is 35.6 Å². The summed E-state index contributed by atoms with van der Waals surface area (Å²) in [6.07, 6.45) is 9.39. The van der Waals surface area contributed by atoms with Gasteiger partial charge in [-0.3, -0.25) is 9.59 Å². The van der Waals surface area contributed by atoms with Crippen LogP contribution in [0.2, 0.25) is 0 Å². The zero-order valence-electron chi connectivity index (χ0n) is 14.5. The van der Waals surface area contributed by atoms with Crippen molar-refractivity contribution >= 4 is 11.9 Å². The van der Waals surface area contributed by atoms with Crippen LogP contribution in [-0.4, -0.2) is 25.0 Å². The highest BCUT2D eigenvalue weighted by Gasteiger charge is 2.12. The molecule has 0 bridgehead atoms. The van der Waals surface area contributed by atoms with E-state index in [0.717, 1.165) is 19.3 Å². The largest absolute Gasteiger partial charge is 0.464 e. The van der Waals surface area contributed by atoms with Gasteiger partial charge in [-0.1, -0.05) is 64.0 Å². The molecule has 0 atom stereocenters. The lowest BCUT2D eigenvalue weighted by Gasteiger charge is -2.07. The Kier molecular flexibility index (Phi) is 10.5. The smallest absolute Gasteiger partial charge is 0.325 e. The topological polar surface area (TPSA) is 55.4 Å². The molecular weight excluding hydrogens is 309 g/mol. The number of rotatable bonds is 12. The zero-order chi connectivity index (χ0) is 17.6. The lowest BCUT2D eigenvalue weighted by Crippen LogP contribution is -2.31. The fourth-order valence-corrected chi connectivity index (χ4v) is 2.37. The molecule has 1 N–H and O–H groups in total. The van der Waals surface area contributed by atoms with E-state index in [0.29, 0.717) is 6.61 Å². The maximum atomic E-state index is 13.4. The van der Waals surface area contributed by atoms with Gasteiger partial charge in [0.25, 0.3) is 5.91 Å². The van der Waals surface area contributed by atoms with Crippen molar-refractivity contribution < 1.29 is 18.7 Å². The van der Waals surface area contributed by atoms with Crippen molar-refractivity contribution in [2.24, 2.45) is 0 Å². The number of ether oxygens (including phenoxy) is 1. The Morgan fingerprint density at radius 1 is 1.00 bits per heavy atom. The van der Waals surface area contributed by atoms with Crippen LogP contribution in [-0.2, 0) is 9.53 Å². The molecule has 0 aromatic heterocycles. The second kappa shape index (κ2) is 12.5. The first-order valence-corrected chi connectivity index (χ1v) is 8.83. The summed E-state index contributed by atoms with van der Waals surface area (Å²) in [7, 11) is 0. The predicted octanol–water partition coefficient (Wildman–Crippen LogP) is 4.24. The zero-order valence-corrected chi connectivity index (χ0v) is 14.5. The second-order valence-corrected chi connectivity index (χ2v) is 5.86. The van der Waals surface area contributed by atoms with Gasteiger partial charge in [0.15, 0.2) is 0 Å². The molecule has 1 rings (SSSR count). The summed E-state index contributed by atoms with van der Waals surface area (Å²) in [5.41, 5.74) is -0.0756. The van der Waals surface area contributed by atoms with Gasteiger partial charge in [0.2, 0.25) is 0 Å². The van der Waals surface area contributed by atoms with E-state index in [1.54, 1.807) is 6.07 Å². The molecule has 0 aliphatic heterocycles. The quantitative estimate of drug-likeness (QED) is 0.458. The van der Waals surface area contributed by atoms with Crippen LogP contribution in [0.3, 0.4) is 0 Å². The lowest BCUT2D eigenvalue weighted by atomic mass is 10.1. The molecule has 0 unspecified atom stereocenters. The van der Waals surface area contributed by atoms with Crippen LogP contribution < -0.4 is 5.32 Å². The van der Waals surface area contributed by atoms with Gasteiger partial charge in [-0.25, -0.2) is 4.39 Å². The number of carbonyl (C=O) groups excluding carboxylic acids is 2. The summed E-state index contributed by atoms with van der Waals surface area (Å²) in [4.78, 5) is 23.3. The monoisotopic (exact) mass is 337 g/mol. The number of carbonyl (C=O) groups is 2. The summed E-state index contributed by atoms with van der Waals surface area (Å²) in [5, 5.41) is 2.37. The van der Waals surface area contributed by atoms with E-state index in [1.807, 2.05) is 0 Å². The molecule has 0 saturated heterocycles. The summed E-state index contributed by atoms with van der Waals surface area (Å²) in [5.74, 6) is -1.72. The maximum absolute atomic E-state index is 13.4. The standard InChI is InChI=1S/C19H28FNO3/c1-2-3-4-5-6-7-8-11-14-24-18(22)15-21-19(23)16-12-9-10-13-17(16)20/h9-10,12-13H,2-8,11,14-15H2,1H3,(H,21,23). The predicted molar refractivity (Wildman–Crippen MR) is 92.3 cm³/mol. The molecule has 0 heterocycles. The van der Waals surface area contributed by atoms with E-state index < -0.39 is 17.7 Å². The number of hydrogen-bond acceptors (Lipinski definition) is 3. The molecule has 1 aromatic carbocycles. The Balaban J connectivity index is 2.04. The van der Waals surface area contributed by atoms with Gasteiger partial charge in [-0.2, -0.15) is 0 Å². The summed E-state index contributed by atoms with van der Waals surface area (Å²) < 4.78 is 18.5. The average molecular weight is 337 g/mol. The molecule has 4 nitrogen and oxygen atoms in total. The molecule has 0 radical (unpaired) electrons. The van der Waals surface area contributed by atoms with E-state index in [2.05, 4.69) is 12.2 Å². The van der Waals surface area contributed by atoms with Crippen LogP contribution in [0.5, 0.6) is 0 Å². The van der Waals surface area contributed by atoms with Gasteiger partial charge in [0.05, 0.1) is 12.2 Å². The van der Waals surface area contributed by atoms with E-state index in [-0.39, 0.29) is 12.1 Å². The summed E-state index contributed by atoms with van der Waals surface area (Å²) in [6.45, 7) is 2.32. The first-order chi connectivity index (χ1) is 11.6. The molecule has 134 valence electrons. The van der Waals surface area contributed by atoms with Crippen LogP contribution in [0.15, 0.2) is 24.3 Å². The number of nitrogens with one attached hydrogen (secondary N) is 1. The van der Waals surface area contributed by atoms with Crippen LogP contribution in [0.4, 0.5) is 4.39 Å². The molecule has 1 amide bonds. The van der Waals surface area contributed by atoms with Gasteiger partial charge in [0.1, 0.15) is 12.4 Å². The van der Waals surface area contributed by atoms with Crippen molar-refractivity contribution in [3.8, 4) is 0 Å². The molecule has 0 spiro atoms. The van der Waals surface area contributed by atoms with E-state index in [1.165, 1.54) is 50.3 Å². The van der Waals surface area contributed by atoms with Crippen molar-refractivity contribution in [2.75, 3.05) is 13.2 Å². The molecule has 5 heteroatoms. The highest BCUT2D eigenvalue weighted by Crippen LogP contribution is 2.08. The average Bonchev–Trinajstić information content (AvgIpc) is 2.58. The van der Waals surface area contributed by atoms with Crippen LogP contribution in [0.1, 0.15) is 68.6 Å². The summed E-state index contributed by atoms with van der Waals surface area (Å²) in [6, 6.07) is 5.65. The minimum Gasteiger partial charge on any atom is -0.464 e. The highest BCUT2D eigenvalue weighted by atomic mass is 19.1. The Hall–Kier alpha value is -1.91. The first kappa shape index (κ1) is 20.1. The van der Waals surface area contributed by atoms with Crippen LogP contribution in [0, 0.1) is 5.82 Å². The highest BCUT2D eigenvalue weighted by molar-refractivity contribution is 5.96. The van der Waals surface area contributed by atoms with Crippen molar-refractivity contribution in [1.29, 1.82) is 0 Å². The van der Waals surface area contributed by atoms with Crippen LogP contribution in [0.25, 0.3) is 0 Å². The van der Waals surface area contributed by atoms with Crippen molar-refractivity contribution in [1.82, 2.24) is 5.32 Å². The number of halogens is 1. The maximum Gasteiger partial charge on any atom is 0.325 e. The first-order valence-electron chi connectivity index (χ1n) is 8.83. The minimum atomic E-state index is -0.614. The SMILES string of the molecule is CCCCCCCCCCOC(=O)CNC(=O)c1ccccc1F. The number of benzene rings is 1. The molecule has 0 aliphatic rings. The van der Waals surface area contributed by atoms with Crippen LogP contribution >= 0.6 is 0 Å². The molecule has 0 aliphatic carbocycles. The molecule has 1 aromatic rings. The Labute approximate surface area is 143 Å². The van der Waals surface area contributed by atoms with E-state index in [4.69, 9.17) is 4.74 Å². The number of unbranched alkanes of at least 4 members (excludes halogenated alkanes) is 7. The van der Waals surface area contributed by atoms with Gasteiger partial charge < -0.3 is 10.1 Å². The molecule has 0 saturated carbocycles. The summed E-state index contributed by atoms with van der Waals surface area (Å²) >= 11 is 0. The van der Waals surface area contributed by atoms with E-state index >= 15 is 0 Å². The fourth-order valence-electron chi connectivity index (χ4n) is 2.37. The van der Waals surface area contributed by atoms with Crippen molar-refractivity contribution in [3.63, 3.8) is 0 Å². The van der Waals surface area contributed by atoms with Gasteiger partial charge in [0, 0.05) is 0 Å². The van der Waals surface area contributed by atoms with Gasteiger partial charge in [-0.15, -0.1) is 0 Å². The Bertz CT molecular complexity index is 505. The number of hydrogen-bond donors (Lipinski definition) is 1. The van der Waals surface area contributed by atoms with E-state index in [9.17, 15) is 14.0 Å². The molecular formula is C19H28FNO3. The Morgan fingerprint density at radius 3 is 2.29 bits per heavy atom. The van der Waals surface area contributed by atoms with Gasteiger partial charge >= 0.3 is 5.97 Å². The fraction of sp³-hybridized carbons (Fsp3) is 0.579. The van der Waals surface area contributed by atoms with Gasteiger partial charge in [-0.05, 0) is 18.6 Å². The molecule has 0 fully saturated rings. The normalized spacial score (nSPS) is 10.4. The minimum absolute atomic E-state index is 0.0756. The number of esters is 1. The third kappa shape index (κ3) is 8.65. The number of amides is 1. The second-order valence-electron chi connectivity index (χ2n) is 5.86. The third-order valence-corrected chi connectivity index (χ3v) is 3.77. The third-order valence-electron chi connectivity index (χ3n) is 3.77. The van der Waals surface area contributed by atoms with Crippen molar-refractivity contribution in [2.45, 2.75) is 58.3 Å². The lowest BCUT2D eigenvalue weighted by molar-refractivity contribution is -0.142.